The average molecular weight is 288 g/mol. The van der Waals surface area contributed by atoms with Gasteiger partial charge in [0, 0.05) is 15.3 Å². The van der Waals surface area contributed by atoms with Crippen LogP contribution in [0.5, 0.6) is 11.5 Å². The molecule has 1 N–H and O–H groups in total. The maximum Gasteiger partial charge on any atom is 0.185 e. The van der Waals surface area contributed by atoms with E-state index in [4.69, 9.17) is 4.74 Å². The number of hydrogen-bond donors (Lipinski definition) is 1. The number of rotatable bonds is 4. The Morgan fingerprint density at radius 1 is 1.30 bits per heavy atom. The number of thiophene rings is 1. The van der Waals surface area contributed by atoms with Crippen molar-refractivity contribution < 1.29 is 14.6 Å². The minimum absolute atomic E-state index is 0.0253. The summed E-state index contributed by atoms with van der Waals surface area (Å²) >= 11 is 1.71. The van der Waals surface area contributed by atoms with Crippen LogP contribution in [0.15, 0.2) is 30.3 Å². The normalized spacial score (nSPS) is 10.9. The summed E-state index contributed by atoms with van der Waals surface area (Å²) in [4.78, 5) is 14.5. The van der Waals surface area contributed by atoms with Gasteiger partial charge in [-0.15, -0.1) is 11.3 Å². The molecule has 2 rings (SSSR count). The van der Waals surface area contributed by atoms with E-state index in [1.807, 2.05) is 19.9 Å². The van der Waals surface area contributed by atoms with Crippen LogP contribution in [0.25, 0.3) is 6.08 Å². The number of benzene rings is 1. The maximum absolute atomic E-state index is 12.1. The van der Waals surface area contributed by atoms with Gasteiger partial charge in [0.25, 0.3) is 0 Å². The second kappa shape index (κ2) is 5.92. The molecule has 0 unspecified atom stereocenters. The molecule has 0 aliphatic rings. The summed E-state index contributed by atoms with van der Waals surface area (Å²) in [5.74, 6) is 0.204. The molecule has 0 bridgehead atoms. The van der Waals surface area contributed by atoms with Gasteiger partial charge in [0.15, 0.2) is 17.3 Å². The number of ketones is 1. The first kappa shape index (κ1) is 14.3. The standard InChI is InChI=1S/C16H16O3S/c1-10-8-12(11(2)20-10)4-6-14(17)13-5-7-15(18)16(9-13)19-3/h4-9,18H,1-3H3/b6-4+. The molecule has 0 aliphatic heterocycles. The zero-order chi connectivity index (χ0) is 14.7. The van der Waals surface area contributed by atoms with Crippen LogP contribution in [0, 0.1) is 13.8 Å². The van der Waals surface area contributed by atoms with Crippen molar-refractivity contribution in [2.75, 3.05) is 7.11 Å². The number of aromatic hydroxyl groups is 1. The minimum atomic E-state index is -0.119. The highest BCUT2D eigenvalue weighted by Gasteiger charge is 2.07. The van der Waals surface area contributed by atoms with Crippen LogP contribution in [-0.4, -0.2) is 18.0 Å². The van der Waals surface area contributed by atoms with Gasteiger partial charge in [0.05, 0.1) is 7.11 Å². The summed E-state index contributed by atoms with van der Waals surface area (Å²) < 4.78 is 5.00. The fourth-order valence-corrected chi connectivity index (χ4v) is 2.82. The van der Waals surface area contributed by atoms with Gasteiger partial charge in [-0.2, -0.15) is 0 Å². The van der Waals surface area contributed by atoms with Crippen molar-refractivity contribution in [1.82, 2.24) is 0 Å². The zero-order valence-electron chi connectivity index (χ0n) is 11.6. The molecule has 0 saturated carbocycles. The molecule has 0 spiro atoms. The average Bonchev–Trinajstić information content (AvgIpc) is 2.74. The Morgan fingerprint density at radius 3 is 2.65 bits per heavy atom. The van der Waals surface area contributed by atoms with Crippen molar-refractivity contribution in [3.8, 4) is 11.5 Å². The van der Waals surface area contributed by atoms with Crippen LogP contribution in [0.4, 0.5) is 0 Å². The first-order chi connectivity index (χ1) is 9.51. The Hall–Kier alpha value is -2.07. The van der Waals surface area contributed by atoms with Gasteiger partial charge in [0.2, 0.25) is 0 Å². The zero-order valence-corrected chi connectivity index (χ0v) is 12.5. The van der Waals surface area contributed by atoms with Crippen molar-refractivity contribution in [3.05, 3.63) is 51.2 Å². The number of allylic oxidation sites excluding steroid dienone is 1. The summed E-state index contributed by atoms with van der Waals surface area (Å²) in [6.45, 7) is 4.08. The van der Waals surface area contributed by atoms with E-state index in [1.54, 1.807) is 23.5 Å². The highest BCUT2D eigenvalue weighted by atomic mass is 32.1. The predicted molar refractivity (Wildman–Crippen MR) is 81.8 cm³/mol. The molecule has 1 aromatic heterocycles. The Kier molecular flexibility index (Phi) is 4.25. The molecule has 20 heavy (non-hydrogen) atoms. The second-order valence-electron chi connectivity index (χ2n) is 4.45. The highest BCUT2D eigenvalue weighted by molar-refractivity contribution is 7.12. The van der Waals surface area contributed by atoms with E-state index in [1.165, 1.54) is 29.0 Å². The van der Waals surface area contributed by atoms with Gasteiger partial charge < -0.3 is 9.84 Å². The molecular weight excluding hydrogens is 272 g/mol. The third-order valence-corrected chi connectivity index (χ3v) is 3.94. The molecule has 2 aromatic rings. The van der Waals surface area contributed by atoms with Gasteiger partial charge in [-0.05, 0) is 55.8 Å². The Morgan fingerprint density at radius 2 is 2.05 bits per heavy atom. The fourth-order valence-electron chi connectivity index (χ4n) is 1.91. The van der Waals surface area contributed by atoms with Gasteiger partial charge >= 0.3 is 0 Å². The van der Waals surface area contributed by atoms with Gasteiger partial charge in [-0.25, -0.2) is 0 Å². The van der Waals surface area contributed by atoms with Gasteiger partial charge in [0.1, 0.15) is 0 Å². The topological polar surface area (TPSA) is 46.5 Å². The largest absolute Gasteiger partial charge is 0.504 e. The number of aryl methyl sites for hydroxylation is 2. The van der Waals surface area contributed by atoms with E-state index in [2.05, 4.69) is 6.07 Å². The van der Waals surface area contributed by atoms with Crippen LogP contribution >= 0.6 is 11.3 Å². The van der Waals surface area contributed by atoms with Gasteiger partial charge in [-0.1, -0.05) is 0 Å². The summed E-state index contributed by atoms with van der Waals surface area (Å²) in [7, 11) is 1.46. The molecule has 104 valence electrons. The van der Waals surface area contributed by atoms with Crippen LogP contribution in [0.2, 0.25) is 0 Å². The first-order valence-electron chi connectivity index (χ1n) is 6.17. The molecule has 4 heteroatoms. The fraction of sp³-hybridized carbons (Fsp3) is 0.188. The third kappa shape index (κ3) is 3.08. The maximum atomic E-state index is 12.1. The summed E-state index contributed by atoms with van der Waals surface area (Å²) in [5.41, 5.74) is 1.55. The molecular formula is C16H16O3S. The molecule has 0 saturated heterocycles. The van der Waals surface area contributed by atoms with Crippen molar-refractivity contribution in [2.24, 2.45) is 0 Å². The molecule has 1 aromatic carbocycles. The van der Waals surface area contributed by atoms with E-state index in [-0.39, 0.29) is 11.5 Å². The van der Waals surface area contributed by atoms with E-state index < -0.39 is 0 Å². The Balaban J connectivity index is 2.22. The number of ether oxygens (including phenoxy) is 1. The minimum Gasteiger partial charge on any atom is -0.504 e. The summed E-state index contributed by atoms with van der Waals surface area (Å²) in [6, 6.07) is 6.63. The predicted octanol–water partition coefficient (Wildman–Crippen LogP) is 3.98. The monoisotopic (exact) mass is 288 g/mol. The van der Waals surface area contributed by atoms with Crippen LogP contribution in [0.1, 0.15) is 25.7 Å². The van der Waals surface area contributed by atoms with Crippen LogP contribution in [0.3, 0.4) is 0 Å². The first-order valence-corrected chi connectivity index (χ1v) is 6.99. The number of phenolic OH excluding ortho intramolecular Hbond substituents is 1. The van der Waals surface area contributed by atoms with Crippen molar-refractivity contribution in [3.63, 3.8) is 0 Å². The molecule has 3 nitrogen and oxygen atoms in total. The highest BCUT2D eigenvalue weighted by Crippen LogP contribution is 2.27. The molecule has 0 radical (unpaired) electrons. The lowest BCUT2D eigenvalue weighted by atomic mass is 10.1. The molecule has 0 fully saturated rings. The quantitative estimate of drug-likeness (QED) is 0.684. The lowest BCUT2D eigenvalue weighted by Crippen LogP contribution is -1.95. The van der Waals surface area contributed by atoms with Gasteiger partial charge in [-0.3, -0.25) is 4.79 Å². The van der Waals surface area contributed by atoms with Crippen LogP contribution < -0.4 is 4.74 Å². The molecule has 0 amide bonds. The Labute approximate surface area is 122 Å². The van der Waals surface area contributed by atoms with Crippen molar-refractivity contribution in [2.45, 2.75) is 13.8 Å². The van der Waals surface area contributed by atoms with Crippen molar-refractivity contribution >= 4 is 23.2 Å². The number of carbonyl (C=O) groups is 1. The summed E-state index contributed by atoms with van der Waals surface area (Å²) in [6.07, 6.45) is 3.36. The Bertz CT molecular complexity index is 668. The second-order valence-corrected chi connectivity index (χ2v) is 5.91. The lowest BCUT2D eigenvalue weighted by molar-refractivity contribution is 0.104. The van der Waals surface area contributed by atoms with E-state index >= 15 is 0 Å². The van der Waals surface area contributed by atoms with E-state index in [0.29, 0.717) is 11.3 Å². The van der Waals surface area contributed by atoms with Crippen molar-refractivity contribution in [1.29, 1.82) is 0 Å². The molecule has 0 atom stereocenters. The molecule has 1 heterocycles. The summed E-state index contributed by atoms with van der Waals surface area (Å²) in [5, 5.41) is 9.51. The van der Waals surface area contributed by atoms with E-state index in [9.17, 15) is 9.90 Å². The molecule has 0 aliphatic carbocycles. The third-order valence-electron chi connectivity index (χ3n) is 2.96. The van der Waals surface area contributed by atoms with E-state index in [0.717, 1.165) is 5.56 Å². The van der Waals surface area contributed by atoms with Crippen LogP contribution in [-0.2, 0) is 0 Å². The number of methoxy groups -OCH3 is 1. The number of phenols is 1. The number of hydrogen-bond acceptors (Lipinski definition) is 4. The lowest BCUT2D eigenvalue weighted by Gasteiger charge is -2.04. The SMILES string of the molecule is COc1cc(C(=O)/C=C/c2cc(C)sc2C)ccc1O. The smallest absolute Gasteiger partial charge is 0.185 e. The number of carbonyl (C=O) groups excluding carboxylic acids is 1.